The highest BCUT2D eigenvalue weighted by Gasteiger charge is 2.31. The van der Waals surface area contributed by atoms with Gasteiger partial charge in [-0.15, -0.1) is 0 Å². The molecule has 8 nitrogen and oxygen atoms in total. The largest absolute Gasteiger partial charge is 0.309 e. The standard InChI is InChI=1S/C16H22N6O2/c1-21-8-6-13(19-21)17-15(23)11-4-3-5-12(10-11)16(24)18-14-7-9-22(2)20-14/h6-9,11-12H,3-5,10H2,1-2H3,(H,17,19,23)(H,18,20,24)/t11-,12-/m0/s1. The highest BCUT2D eigenvalue weighted by molar-refractivity contribution is 5.94. The van der Waals surface area contributed by atoms with E-state index in [0.29, 0.717) is 18.1 Å². The molecule has 2 amide bonds. The predicted octanol–water partition coefficient (Wildman–Crippen LogP) is 1.54. The molecule has 0 spiro atoms. The van der Waals surface area contributed by atoms with E-state index < -0.39 is 0 Å². The van der Waals surface area contributed by atoms with Crippen LogP contribution in [0.5, 0.6) is 0 Å². The van der Waals surface area contributed by atoms with Crippen LogP contribution in [0, 0.1) is 11.8 Å². The molecule has 2 N–H and O–H groups in total. The smallest absolute Gasteiger partial charge is 0.228 e. The number of amides is 2. The van der Waals surface area contributed by atoms with Crippen molar-refractivity contribution in [1.82, 2.24) is 19.6 Å². The molecular weight excluding hydrogens is 308 g/mol. The van der Waals surface area contributed by atoms with E-state index in [1.165, 1.54) is 0 Å². The molecule has 0 radical (unpaired) electrons. The summed E-state index contributed by atoms with van der Waals surface area (Å²) in [4.78, 5) is 24.8. The van der Waals surface area contributed by atoms with Crippen LogP contribution in [0.3, 0.4) is 0 Å². The molecule has 8 heteroatoms. The Kier molecular flexibility index (Phi) is 4.64. The highest BCUT2D eigenvalue weighted by Crippen LogP contribution is 2.30. The van der Waals surface area contributed by atoms with Crippen LogP contribution < -0.4 is 10.6 Å². The van der Waals surface area contributed by atoms with Gasteiger partial charge in [0.1, 0.15) is 0 Å². The van der Waals surface area contributed by atoms with Crippen LogP contribution in [0.1, 0.15) is 25.7 Å². The van der Waals surface area contributed by atoms with Crippen molar-refractivity contribution in [1.29, 1.82) is 0 Å². The third-order valence-corrected chi connectivity index (χ3v) is 4.35. The number of aryl methyl sites for hydroxylation is 2. The maximum atomic E-state index is 12.4. The Morgan fingerprint density at radius 1 is 0.958 bits per heavy atom. The Hall–Kier alpha value is -2.64. The van der Waals surface area contributed by atoms with E-state index >= 15 is 0 Å². The molecule has 1 fully saturated rings. The first kappa shape index (κ1) is 16.2. The van der Waals surface area contributed by atoms with Crippen molar-refractivity contribution in [3.05, 3.63) is 24.5 Å². The van der Waals surface area contributed by atoms with Crippen molar-refractivity contribution < 1.29 is 9.59 Å². The van der Waals surface area contributed by atoms with Gasteiger partial charge < -0.3 is 10.6 Å². The predicted molar refractivity (Wildman–Crippen MR) is 89.1 cm³/mol. The number of hydrogen-bond acceptors (Lipinski definition) is 4. The normalized spacial score (nSPS) is 20.6. The van der Waals surface area contributed by atoms with Gasteiger partial charge in [-0.05, 0) is 19.3 Å². The maximum absolute atomic E-state index is 12.4. The van der Waals surface area contributed by atoms with Crippen LogP contribution >= 0.6 is 0 Å². The Bertz CT molecular complexity index is 674. The fraction of sp³-hybridized carbons (Fsp3) is 0.500. The Labute approximate surface area is 140 Å². The molecule has 0 saturated heterocycles. The van der Waals surface area contributed by atoms with Crippen molar-refractivity contribution >= 4 is 23.5 Å². The molecule has 0 unspecified atom stereocenters. The summed E-state index contributed by atoms with van der Waals surface area (Å²) in [6.45, 7) is 0. The summed E-state index contributed by atoms with van der Waals surface area (Å²) >= 11 is 0. The van der Waals surface area contributed by atoms with Crippen LogP contribution in [0.4, 0.5) is 11.6 Å². The van der Waals surface area contributed by atoms with Gasteiger partial charge in [-0.1, -0.05) is 6.42 Å². The second-order valence-electron chi connectivity index (χ2n) is 6.29. The summed E-state index contributed by atoms with van der Waals surface area (Å²) in [5, 5.41) is 14.0. The average molecular weight is 330 g/mol. The molecule has 2 aromatic rings. The topological polar surface area (TPSA) is 93.8 Å². The minimum Gasteiger partial charge on any atom is -0.309 e. The molecular formula is C16H22N6O2. The highest BCUT2D eigenvalue weighted by atomic mass is 16.2. The number of rotatable bonds is 4. The molecule has 0 aromatic carbocycles. The van der Waals surface area contributed by atoms with Gasteiger partial charge in [0.2, 0.25) is 11.8 Å². The van der Waals surface area contributed by atoms with Gasteiger partial charge in [0.05, 0.1) is 0 Å². The van der Waals surface area contributed by atoms with Crippen molar-refractivity contribution in [3.8, 4) is 0 Å². The molecule has 128 valence electrons. The monoisotopic (exact) mass is 330 g/mol. The third-order valence-electron chi connectivity index (χ3n) is 4.35. The third kappa shape index (κ3) is 3.81. The first-order chi connectivity index (χ1) is 11.5. The Morgan fingerprint density at radius 3 is 1.79 bits per heavy atom. The first-order valence-corrected chi connectivity index (χ1v) is 8.12. The van der Waals surface area contributed by atoms with E-state index in [1.807, 2.05) is 0 Å². The van der Waals surface area contributed by atoms with Crippen molar-refractivity contribution in [2.45, 2.75) is 25.7 Å². The summed E-state index contributed by atoms with van der Waals surface area (Å²) in [5.41, 5.74) is 0. The zero-order valence-electron chi connectivity index (χ0n) is 13.9. The van der Waals surface area contributed by atoms with Gasteiger partial charge in [0, 0.05) is 50.5 Å². The number of nitrogens with one attached hydrogen (secondary N) is 2. The van der Waals surface area contributed by atoms with E-state index in [2.05, 4.69) is 20.8 Å². The Morgan fingerprint density at radius 2 is 1.42 bits per heavy atom. The van der Waals surface area contributed by atoms with Gasteiger partial charge in [-0.2, -0.15) is 10.2 Å². The van der Waals surface area contributed by atoms with Crippen molar-refractivity contribution in [2.24, 2.45) is 25.9 Å². The SMILES string of the molecule is Cn1ccc(NC(=O)[C@H]2CCC[C@H](C(=O)Nc3ccn(C)n3)C2)n1. The fourth-order valence-electron chi connectivity index (χ4n) is 3.09. The summed E-state index contributed by atoms with van der Waals surface area (Å²) in [6.07, 6.45) is 6.56. The van der Waals surface area contributed by atoms with Gasteiger partial charge >= 0.3 is 0 Å². The van der Waals surface area contributed by atoms with Crippen LogP contribution in [0.15, 0.2) is 24.5 Å². The number of anilines is 2. The van der Waals surface area contributed by atoms with Crippen molar-refractivity contribution in [2.75, 3.05) is 10.6 Å². The van der Waals surface area contributed by atoms with Gasteiger partial charge in [0.15, 0.2) is 11.6 Å². The maximum Gasteiger partial charge on any atom is 0.228 e. The van der Waals surface area contributed by atoms with Crippen LogP contribution in [-0.4, -0.2) is 31.4 Å². The number of hydrogen-bond donors (Lipinski definition) is 2. The van der Waals surface area contributed by atoms with E-state index in [0.717, 1.165) is 19.3 Å². The molecule has 2 heterocycles. The summed E-state index contributed by atoms with van der Waals surface area (Å²) in [6, 6.07) is 3.51. The number of carbonyl (C=O) groups is 2. The van der Waals surface area contributed by atoms with Gasteiger partial charge in [-0.3, -0.25) is 19.0 Å². The van der Waals surface area contributed by atoms with E-state index in [-0.39, 0.29) is 23.7 Å². The minimum atomic E-state index is -0.166. The molecule has 0 aliphatic heterocycles. The molecule has 3 rings (SSSR count). The zero-order chi connectivity index (χ0) is 17.1. The molecule has 0 bridgehead atoms. The van der Waals surface area contributed by atoms with Crippen LogP contribution in [0.2, 0.25) is 0 Å². The number of carbonyl (C=O) groups excluding carboxylic acids is 2. The van der Waals surface area contributed by atoms with E-state index in [4.69, 9.17) is 0 Å². The lowest BCUT2D eigenvalue weighted by Gasteiger charge is -2.27. The van der Waals surface area contributed by atoms with Crippen LogP contribution in [-0.2, 0) is 23.7 Å². The lowest BCUT2D eigenvalue weighted by Crippen LogP contribution is -2.33. The Balaban J connectivity index is 1.57. The van der Waals surface area contributed by atoms with Crippen LogP contribution in [0.25, 0.3) is 0 Å². The lowest BCUT2D eigenvalue weighted by molar-refractivity contribution is -0.124. The molecule has 2 atom stereocenters. The molecule has 1 saturated carbocycles. The average Bonchev–Trinajstić information content (AvgIpc) is 3.15. The summed E-state index contributed by atoms with van der Waals surface area (Å²) < 4.78 is 3.28. The van der Waals surface area contributed by atoms with E-state index in [9.17, 15) is 9.59 Å². The van der Waals surface area contributed by atoms with E-state index in [1.54, 1.807) is 48.0 Å². The minimum absolute atomic E-state index is 0.0657. The zero-order valence-corrected chi connectivity index (χ0v) is 13.9. The summed E-state index contributed by atoms with van der Waals surface area (Å²) in [5.74, 6) is 0.624. The molecule has 24 heavy (non-hydrogen) atoms. The van der Waals surface area contributed by atoms with Gasteiger partial charge in [0.25, 0.3) is 0 Å². The molecule has 1 aliphatic rings. The second-order valence-corrected chi connectivity index (χ2v) is 6.29. The number of nitrogens with zero attached hydrogens (tertiary/aromatic N) is 4. The first-order valence-electron chi connectivity index (χ1n) is 8.12. The molecule has 1 aliphatic carbocycles. The summed E-state index contributed by atoms with van der Waals surface area (Å²) in [7, 11) is 3.60. The van der Waals surface area contributed by atoms with Crippen molar-refractivity contribution in [3.63, 3.8) is 0 Å². The quantitative estimate of drug-likeness (QED) is 0.889. The fourth-order valence-corrected chi connectivity index (χ4v) is 3.09. The second kappa shape index (κ2) is 6.86. The number of aromatic nitrogens is 4. The molecule has 2 aromatic heterocycles. The van der Waals surface area contributed by atoms with Gasteiger partial charge in [-0.25, -0.2) is 0 Å². The lowest BCUT2D eigenvalue weighted by atomic mass is 9.80.